The molecule has 0 bridgehead atoms. The molecule has 1 saturated heterocycles. The number of sulfonamides is 1. The lowest BCUT2D eigenvalue weighted by atomic mass is 10.2. The Morgan fingerprint density at radius 3 is 2.89 bits per heavy atom. The van der Waals surface area contributed by atoms with E-state index in [0.29, 0.717) is 35.1 Å². The quantitative estimate of drug-likeness (QED) is 0.701. The highest BCUT2D eigenvalue weighted by atomic mass is 32.2. The normalized spacial score (nSPS) is 17.9. The van der Waals surface area contributed by atoms with Crippen molar-refractivity contribution in [3.05, 3.63) is 47.8 Å². The number of hydrogen-bond acceptors (Lipinski definition) is 6. The number of aromatic nitrogens is 2. The summed E-state index contributed by atoms with van der Waals surface area (Å²) in [6.45, 7) is 1.86. The minimum atomic E-state index is -3.93. The average molecular weight is 420 g/mol. The first kappa shape index (κ1) is 18.9. The number of anilines is 1. The Bertz CT molecular complexity index is 1160. The van der Waals surface area contributed by atoms with Crippen LogP contribution in [0.15, 0.2) is 41.3 Å². The van der Waals surface area contributed by atoms with Crippen molar-refractivity contribution in [2.24, 2.45) is 0 Å². The number of nitrogens with one attached hydrogen (secondary N) is 1. The van der Waals surface area contributed by atoms with Gasteiger partial charge in [0.15, 0.2) is 0 Å². The van der Waals surface area contributed by atoms with Gasteiger partial charge < -0.3 is 5.32 Å². The van der Waals surface area contributed by atoms with Gasteiger partial charge in [0.2, 0.25) is 15.9 Å². The number of fused-ring (bicyclic) bond motifs is 1. The number of carbonyl (C=O) groups is 1. The molecule has 10 heteroatoms. The van der Waals surface area contributed by atoms with Crippen molar-refractivity contribution in [1.29, 1.82) is 0 Å². The Morgan fingerprint density at radius 1 is 1.29 bits per heavy atom. The minimum absolute atomic E-state index is 0.0415. The number of rotatable bonds is 4. The second-order valence-corrected chi connectivity index (χ2v) is 9.00. The predicted molar refractivity (Wildman–Crippen MR) is 104 cm³/mol. The van der Waals surface area contributed by atoms with Crippen molar-refractivity contribution in [2.75, 3.05) is 11.9 Å². The number of carbonyl (C=O) groups excluding carboxylic acids is 1. The van der Waals surface area contributed by atoms with E-state index in [0.717, 1.165) is 11.7 Å². The van der Waals surface area contributed by atoms with Gasteiger partial charge in [0.05, 0.1) is 11.7 Å². The van der Waals surface area contributed by atoms with Gasteiger partial charge >= 0.3 is 0 Å². The summed E-state index contributed by atoms with van der Waals surface area (Å²) in [5.41, 5.74) is 1.57. The second kappa shape index (κ2) is 7.19. The van der Waals surface area contributed by atoms with Gasteiger partial charge in [-0.3, -0.25) is 4.79 Å². The number of halogens is 1. The Hall–Kier alpha value is -2.43. The molecular formula is C18H17FN4O3S2. The fraction of sp³-hybridized carbons (Fsp3) is 0.278. The van der Waals surface area contributed by atoms with Crippen LogP contribution in [0.5, 0.6) is 0 Å². The van der Waals surface area contributed by atoms with Crippen LogP contribution in [0.3, 0.4) is 0 Å². The lowest BCUT2D eigenvalue weighted by Gasteiger charge is -2.23. The van der Waals surface area contributed by atoms with Crippen LogP contribution in [0.4, 0.5) is 10.1 Å². The topological polar surface area (TPSA) is 92.3 Å². The Balaban J connectivity index is 1.63. The molecule has 2 heterocycles. The molecule has 1 N–H and O–H groups in total. The van der Waals surface area contributed by atoms with Crippen molar-refractivity contribution in [1.82, 2.24) is 13.1 Å². The van der Waals surface area contributed by atoms with Crippen LogP contribution < -0.4 is 5.32 Å². The largest absolute Gasteiger partial charge is 0.325 e. The monoisotopic (exact) mass is 420 g/mol. The van der Waals surface area contributed by atoms with Crippen LogP contribution >= 0.6 is 11.7 Å². The molecule has 3 aromatic rings. The van der Waals surface area contributed by atoms with Gasteiger partial charge in [0, 0.05) is 12.2 Å². The molecule has 146 valence electrons. The lowest BCUT2D eigenvalue weighted by Crippen LogP contribution is -2.43. The van der Waals surface area contributed by atoms with Crippen LogP contribution in [0, 0.1) is 12.7 Å². The maximum absolute atomic E-state index is 13.7. The molecule has 0 unspecified atom stereocenters. The molecule has 0 radical (unpaired) electrons. The van der Waals surface area contributed by atoms with E-state index in [-0.39, 0.29) is 11.4 Å². The number of hydrogen-bond donors (Lipinski definition) is 1. The van der Waals surface area contributed by atoms with Gasteiger partial charge in [0.25, 0.3) is 0 Å². The van der Waals surface area contributed by atoms with Gasteiger partial charge in [-0.25, -0.2) is 12.8 Å². The van der Waals surface area contributed by atoms with E-state index in [1.165, 1.54) is 16.4 Å². The summed E-state index contributed by atoms with van der Waals surface area (Å²) >= 11 is 0.939. The summed E-state index contributed by atoms with van der Waals surface area (Å²) in [6, 6.07) is 8.28. The molecular weight excluding hydrogens is 403 g/mol. The molecule has 1 fully saturated rings. The van der Waals surface area contributed by atoms with E-state index in [1.807, 2.05) is 0 Å². The van der Waals surface area contributed by atoms with Crippen LogP contribution in [-0.2, 0) is 14.8 Å². The molecule has 1 aromatic heterocycles. The highest BCUT2D eigenvalue weighted by Crippen LogP contribution is 2.30. The summed E-state index contributed by atoms with van der Waals surface area (Å²) in [5.74, 6) is -0.913. The molecule has 0 spiro atoms. The fourth-order valence-electron chi connectivity index (χ4n) is 3.30. The highest BCUT2D eigenvalue weighted by Gasteiger charge is 2.40. The van der Waals surface area contributed by atoms with Crippen LogP contribution in [0.2, 0.25) is 0 Å². The smallest absolute Gasteiger partial charge is 0.246 e. The average Bonchev–Trinajstić information content (AvgIpc) is 3.33. The van der Waals surface area contributed by atoms with Crippen molar-refractivity contribution in [3.63, 3.8) is 0 Å². The third-order valence-corrected chi connectivity index (χ3v) is 7.26. The molecule has 0 aliphatic carbocycles. The van der Waals surface area contributed by atoms with Crippen LogP contribution in [0.25, 0.3) is 11.0 Å². The van der Waals surface area contributed by atoms with E-state index >= 15 is 0 Å². The van der Waals surface area contributed by atoms with E-state index in [2.05, 4.69) is 14.1 Å². The van der Waals surface area contributed by atoms with Gasteiger partial charge in [-0.1, -0.05) is 12.1 Å². The van der Waals surface area contributed by atoms with E-state index in [4.69, 9.17) is 0 Å². The van der Waals surface area contributed by atoms with Crippen molar-refractivity contribution >= 4 is 44.4 Å². The maximum Gasteiger partial charge on any atom is 0.246 e. The Kier molecular flexibility index (Phi) is 4.86. The van der Waals surface area contributed by atoms with Crippen molar-refractivity contribution in [3.8, 4) is 0 Å². The number of benzene rings is 2. The Morgan fingerprint density at radius 2 is 2.11 bits per heavy atom. The zero-order chi connectivity index (χ0) is 19.9. The van der Waals surface area contributed by atoms with Crippen molar-refractivity contribution in [2.45, 2.75) is 30.7 Å². The van der Waals surface area contributed by atoms with Gasteiger partial charge in [0.1, 0.15) is 27.8 Å². The van der Waals surface area contributed by atoms with E-state index in [1.54, 1.807) is 31.2 Å². The second-order valence-electron chi connectivity index (χ2n) is 6.62. The zero-order valence-corrected chi connectivity index (χ0v) is 16.6. The SMILES string of the molecule is Cc1ccc(NC(=O)[C@H]2CCCN2S(=O)(=O)c2cccc3nsnc23)cc1F. The Labute approximate surface area is 165 Å². The molecule has 1 aliphatic heterocycles. The van der Waals surface area contributed by atoms with E-state index < -0.39 is 27.8 Å². The first-order valence-electron chi connectivity index (χ1n) is 8.68. The summed E-state index contributed by atoms with van der Waals surface area (Å²) in [4.78, 5) is 12.8. The minimum Gasteiger partial charge on any atom is -0.325 e. The maximum atomic E-state index is 13.7. The molecule has 28 heavy (non-hydrogen) atoms. The molecule has 2 aromatic carbocycles. The van der Waals surface area contributed by atoms with Crippen LogP contribution in [0.1, 0.15) is 18.4 Å². The first-order valence-corrected chi connectivity index (χ1v) is 10.8. The zero-order valence-electron chi connectivity index (χ0n) is 14.9. The molecule has 7 nitrogen and oxygen atoms in total. The first-order chi connectivity index (χ1) is 13.4. The van der Waals surface area contributed by atoms with Crippen LogP contribution in [-0.4, -0.2) is 40.0 Å². The van der Waals surface area contributed by atoms with Gasteiger partial charge in [-0.15, -0.1) is 0 Å². The summed E-state index contributed by atoms with van der Waals surface area (Å²) in [5, 5.41) is 2.63. The van der Waals surface area contributed by atoms with Gasteiger partial charge in [-0.05, 0) is 49.6 Å². The number of aryl methyl sites for hydroxylation is 1. The molecule has 4 rings (SSSR count). The summed E-state index contributed by atoms with van der Waals surface area (Å²) in [6.07, 6.45) is 0.954. The van der Waals surface area contributed by atoms with E-state index in [9.17, 15) is 17.6 Å². The predicted octanol–water partition coefficient (Wildman–Crippen LogP) is 2.93. The molecule has 0 saturated carbocycles. The lowest BCUT2D eigenvalue weighted by molar-refractivity contribution is -0.119. The number of amides is 1. The molecule has 1 amide bonds. The summed E-state index contributed by atoms with van der Waals surface area (Å²) < 4.78 is 49.6. The fourth-order valence-corrected chi connectivity index (χ4v) is 5.71. The van der Waals surface area contributed by atoms with Crippen molar-refractivity contribution < 1.29 is 17.6 Å². The standard InChI is InChI=1S/C18H17FN4O3S2/c1-11-7-8-12(10-13(11)19)20-18(24)15-5-3-9-23(15)28(25,26)16-6-2-4-14-17(16)22-27-21-14/h2,4,6-8,10,15H,3,5,9H2,1H3,(H,20,24)/t15-/m1/s1. The third kappa shape index (κ3) is 3.27. The number of nitrogens with zero attached hydrogens (tertiary/aromatic N) is 3. The third-order valence-electron chi connectivity index (χ3n) is 4.78. The van der Waals surface area contributed by atoms with Gasteiger partial charge in [-0.2, -0.15) is 13.1 Å². The molecule has 1 atom stereocenters. The highest BCUT2D eigenvalue weighted by molar-refractivity contribution is 7.89. The molecule has 1 aliphatic rings. The summed E-state index contributed by atoms with van der Waals surface area (Å²) in [7, 11) is -3.93.